The minimum atomic E-state index is -1.91. The molecule has 7 nitrogen and oxygen atoms in total. The summed E-state index contributed by atoms with van der Waals surface area (Å²) in [5.74, 6) is -2.31. The van der Waals surface area contributed by atoms with Crippen molar-refractivity contribution in [2.75, 3.05) is 19.5 Å². The molecule has 20 heavy (non-hydrogen) atoms. The van der Waals surface area contributed by atoms with E-state index in [0.29, 0.717) is 5.69 Å². The van der Waals surface area contributed by atoms with Crippen LogP contribution in [-0.4, -0.2) is 37.9 Å². The first kappa shape index (κ1) is 13.9. The van der Waals surface area contributed by atoms with Crippen LogP contribution in [-0.2, 0) is 23.8 Å². The van der Waals surface area contributed by atoms with Crippen LogP contribution in [0.15, 0.2) is 24.3 Å². The number of hydrogen-bond acceptors (Lipinski definition) is 7. The van der Waals surface area contributed by atoms with Gasteiger partial charge in [0.15, 0.2) is 0 Å². The molecule has 1 aromatic carbocycles. The van der Waals surface area contributed by atoms with Crippen molar-refractivity contribution < 1.29 is 28.6 Å². The molecule has 0 radical (unpaired) electrons. The van der Waals surface area contributed by atoms with Crippen LogP contribution in [0.25, 0.3) is 0 Å². The van der Waals surface area contributed by atoms with Crippen molar-refractivity contribution in [2.45, 2.75) is 12.1 Å². The lowest BCUT2D eigenvalue weighted by atomic mass is 10.0. The molecule has 0 bridgehead atoms. The number of esters is 3. The number of methoxy groups -OCH3 is 2. The Morgan fingerprint density at radius 3 is 2.60 bits per heavy atom. The Balaban J connectivity index is 2.42. The topological polar surface area (TPSA) is 90.9 Å². The molecular formula is C13H13NO6. The molecule has 1 N–H and O–H groups in total. The summed E-state index contributed by atoms with van der Waals surface area (Å²) in [6, 6.07) is 6.49. The van der Waals surface area contributed by atoms with Gasteiger partial charge in [-0.1, -0.05) is 12.1 Å². The summed E-state index contributed by atoms with van der Waals surface area (Å²) in [6.45, 7) is 0. The van der Waals surface area contributed by atoms with Gasteiger partial charge in [0.1, 0.15) is 6.42 Å². The summed E-state index contributed by atoms with van der Waals surface area (Å²) in [5, 5.41) is 2.74. The van der Waals surface area contributed by atoms with E-state index in [1.807, 2.05) is 0 Å². The van der Waals surface area contributed by atoms with Gasteiger partial charge in [0.25, 0.3) is 5.72 Å². The highest BCUT2D eigenvalue weighted by Crippen LogP contribution is 2.31. The maximum absolute atomic E-state index is 12.0. The Morgan fingerprint density at radius 1 is 1.25 bits per heavy atom. The Labute approximate surface area is 114 Å². The fraction of sp³-hybridized carbons (Fsp3) is 0.308. The molecule has 106 valence electrons. The fourth-order valence-corrected chi connectivity index (χ4v) is 1.91. The van der Waals surface area contributed by atoms with E-state index in [4.69, 9.17) is 4.74 Å². The van der Waals surface area contributed by atoms with Crippen molar-refractivity contribution in [3.05, 3.63) is 29.8 Å². The van der Waals surface area contributed by atoms with Crippen molar-refractivity contribution in [1.82, 2.24) is 0 Å². The van der Waals surface area contributed by atoms with Crippen molar-refractivity contribution in [1.29, 1.82) is 0 Å². The third kappa shape index (κ3) is 2.29. The van der Waals surface area contributed by atoms with Crippen molar-refractivity contribution in [3.63, 3.8) is 0 Å². The van der Waals surface area contributed by atoms with Gasteiger partial charge in [0, 0.05) is 0 Å². The minimum Gasteiger partial charge on any atom is -0.469 e. The van der Waals surface area contributed by atoms with E-state index in [-0.39, 0.29) is 5.56 Å². The summed E-state index contributed by atoms with van der Waals surface area (Å²) in [6.07, 6.45) is -0.490. The second-order valence-electron chi connectivity index (χ2n) is 4.13. The number of nitrogens with one attached hydrogen (secondary N) is 1. The summed E-state index contributed by atoms with van der Waals surface area (Å²) < 4.78 is 14.2. The zero-order valence-electron chi connectivity index (χ0n) is 11.0. The van der Waals surface area contributed by atoms with Gasteiger partial charge in [-0.3, -0.25) is 4.79 Å². The molecule has 1 aromatic rings. The maximum atomic E-state index is 12.0. The van der Waals surface area contributed by atoms with Gasteiger partial charge in [-0.15, -0.1) is 0 Å². The quantitative estimate of drug-likeness (QED) is 0.643. The molecule has 0 fully saturated rings. The number of anilines is 1. The van der Waals surface area contributed by atoms with E-state index >= 15 is 0 Å². The largest absolute Gasteiger partial charge is 0.469 e. The molecule has 1 aliphatic heterocycles. The van der Waals surface area contributed by atoms with Gasteiger partial charge in [0.05, 0.1) is 25.5 Å². The molecule has 0 aliphatic carbocycles. The highest BCUT2D eigenvalue weighted by Gasteiger charge is 2.50. The van der Waals surface area contributed by atoms with Crippen LogP contribution in [0.3, 0.4) is 0 Å². The van der Waals surface area contributed by atoms with Gasteiger partial charge in [-0.2, -0.15) is 0 Å². The molecular weight excluding hydrogens is 266 g/mol. The Morgan fingerprint density at radius 2 is 1.95 bits per heavy atom. The van der Waals surface area contributed by atoms with E-state index in [1.165, 1.54) is 7.11 Å². The number of rotatable bonds is 3. The summed E-state index contributed by atoms with van der Waals surface area (Å²) in [4.78, 5) is 35.4. The van der Waals surface area contributed by atoms with Gasteiger partial charge in [0.2, 0.25) is 0 Å². The third-order valence-corrected chi connectivity index (χ3v) is 2.89. The number of carbonyl (C=O) groups is 3. The first-order valence-electron chi connectivity index (χ1n) is 5.78. The fourth-order valence-electron chi connectivity index (χ4n) is 1.91. The Hall–Kier alpha value is -2.57. The minimum absolute atomic E-state index is 0.275. The van der Waals surface area contributed by atoms with Gasteiger partial charge in [-0.05, 0) is 12.1 Å². The molecule has 2 rings (SSSR count). The van der Waals surface area contributed by atoms with Gasteiger partial charge < -0.3 is 19.5 Å². The van der Waals surface area contributed by atoms with Crippen LogP contribution in [0.1, 0.15) is 16.8 Å². The number of cyclic esters (lactones) is 1. The molecule has 0 saturated heterocycles. The Bertz CT molecular complexity index is 570. The number of para-hydroxylation sites is 1. The Kier molecular flexibility index (Phi) is 3.60. The first-order chi connectivity index (χ1) is 9.52. The average Bonchev–Trinajstić information content (AvgIpc) is 2.46. The molecule has 1 heterocycles. The van der Waals surface area contributed by atoms with E-state index in [1.54, 1.807) is 24.3 Å². The van der Waals surface area contributed by atoms with E-state index < -0.39 is 30.1 Å². The lowest BCUT2D eigenvalue weighted by Gasteiger charge is -2.35. The van der Waals surface area contributed by atoms with Gasteiger partial charge in [-0.25, -0.2) is 9.59 Å². The predicted molar refractivity (Wildman–Crippen MR) is 66.9 cm³/mol. The molecule has 0 saturated carbocycles. The summed E-state index contributed by atoms with van der Waals surface area (Å²) >= 11 is 0. The summed E-state index contributed by atoms with van der Waals surface area (Å²) in [7, 11) is 2.31. The van der Waals surface area contributed by atoms with Crippen LogP contribution in [0, 0.1) is 0 Å². The second kappa shape index (κ2) is 5.20. The molecule has 1 atom stereocenters. The highest BCUT2D eigenvalue weighted by molar-refractivity contribution is 6.02. The number of ether oxygens (including phenoxy) is 3. The zero-order valence-corrected chi connectivity index (χ0v) is 11.0. The molecule has 7 heteroatoms. The standard InChI is InChI=1S/C13H13NO6/c1-18-10(15)7-13(12(17)19-2)14-9-6-4-3-5-8(9)11(16)20-13/h3-6,14H,7H2,1-2H3. The molecule has 1 aliphatic rings. The maximum Gasteiger partial charge on any atom is 0.372 e. The zero-order chi connectivity index (χ0) is 14.8. The number of hydrogen-bond donors (Lipinski definition) is 1. The van der Waals surface area contributed by atoms with Crippen LogP contribution >= 0.6 is 0 Å². The first-order valence-corrected chi connectivity index (χ1v) is 5.78. The number of fused-ring (bicyclic) bond motifs is 1. The van der Waals surface area contributed by atoms with Crippen molar-refractivity contribution in [3.8, 4) is 0 Å². The normalized spacial score (nSPS) is 20.2. The lowest BCUT2D eigenvalue weighted by molar-refractivity contribution is -0.167. The van der Waals surface area contributed by atoms with Gasteiger partial charge >= 0.3 is 17.9 Å². The van der Waals surface area contributed by atoms with Crippen LogP contribution < -0.4 is 5.32 Å². The molecule has 1 unspecified atom stereocenters. The van der Waals surface area contributed by atoms with Crippen LogP contribution in [0.4, 0.5) is 5.69 Å². The van der Waals surface area contributed by atoms with Crippen LogP contribution in [0.5, 0.6) is 0 Å². The van der Waals surface area contributed by atoms with Crippen LogP contribution in [0.2, 0.25) is 0 Å². The number of benzene rings is 1. The third-order valence-electron chi connectivity index (χ3n) is 2.89. The summed E-state index contributed by atoms with van der Waals surface area (Å²) in [5.41, 5.74) is -1.25. The van der Waals surface area contributed by atoms with Crippen molar-refractivity contribution in [2.24, 2.45) is 0 Å². The SMILES string of the molecule is COC(=O)CC1(C(=O)OC)Nc2ccccc2C(=O)O1. The molecule has 0 aromatic heterocycles. The van der Waals surface area contributed by atoms with E-state index in [2.05, 4.69) is 14.8 Å². The van der Waals surface area contributed by atoms with Crippen molar-refractivity contribution >= 4 is 23.6 Å². The van der Waals surface area contributed by atoms with E-state index in [9.17, 15) is 14.4 Å². The lowest BCUT2D eigenvalue weighted by Crippen LogP contribution is -2.55. The monoisotopic (exact) mass is 279 g/mol. The smallest absolute Gasteiger partial charge is 0.372 e. The number of carbonyl (C=O) groups excluding carboxylic acids is 3. The second-order valence-corrected chi connectivity index (χ2v) is 4.13. The predicted octanol–water partition coefficient (Wildman–Crippen LogP) is 0.701. The van der Waals surface area contributed by atoms with E-state index in [0.717, 1.165) is 7.11 Å². The molecule has 0 spiro atoms. The average molecular weight is 279 g/mol. The molecule has 0 amide bonds. The highest BCUT2D eigenvalue weighted by atomic mass is 16.6.